The average molecular weight is 389 g/mol. The number of amides is 3. The minimum atomic E-state index is -3.15. The Hall–Kier alpha value is -1.84. The van der Waals surface area contributed by atoms with Crippen LogP contribution in [-0.2, 0) is 24.2 Å². The monoisotopic (exact) mass is 389 g/mol. The van der Waals surface area contributed by atoms with Crippen molar-refractivity contribution in [2.75, 3.05) is 24.6 Å². The van der Waals surface area contributed by atoms with Crippen LogP contribution in [0.3, 0.4) is 0 Å². The van der Waals surface area contributed by atoms with Crippen LogP contribution >= 0.6 is 0 Å². The number of rotatable bonds is 2. The molecule has 10 heteroatoms. The number of hydrogen-bond acceptors (Lipinski definition) is 6. The summed E-state index contributed by atoms with van der Waals surface area (Å²) in [6.07, 6.45) is 0.822. The number of piperidine rings is 1. The maximum absolute atomic E-state index is 12.2. The van der Waals surface area contributed by atoms with E-state index in [0.717, 1.165) is 0 Å². The molecule has 0 aromatic carbocycles. The van der Waals surface area contributed by atoms with Crippen molar-refractivity contribution >= 4 is 27.7 Å². The zero-order chi connectivity index (χ0) is 19.5. The third-order valence-electron chi connectivity index (χ3n) is 4.43. The maximum Gasteiger partial charge on any atom is 0.410 e. The Kier molecular flexibility index (Phi) is 6.15. The Balaban J connectivity index is 1.73. The molecule has 0 bridgehead atoms. The molecule has 2 aliphatic heterocycles. The molecule has 148 valence electrons. The second-order valence-electron chi connectivity index (χ2n) is 7.82. The summed E-state index contributed by atoms with van der Waals surface area (Å²) >= 11 is 0. The predicted molar refractivity (Wildman–Crippen MR) is 93.6 cm³/mol. The van der Waals surface area contributed by atoms with Gasteiger partial charge in [0.1, 0.15) is 5.60 Å². The van der Waals surface area contributed by atoms with E-state index >= 15 is 0 Å². The van der Waals surface area contributed by atoms with Crippen molar-refractivity contribution in [1.29, 1.82) is 0 Å². The standard InChI is InChI=1S/C16H27N3O6S/c1-16(2,3)25-15(22)19-7-4-11(5-8-19)13(20)17-18-14(21)12-6-9-26(23,24)10-12/h11-12H,4-10H2,1-3H3,(H,17,20)(H,18,21)/t12-/m1/s1. The third kappa shape index (κ3) is 5.86. The van der Waals surface area contributed by atoms with Gasteiger partial charge in [-0.3, -0.25) is 20.4 Å². The zero-order valence-electron chi connectivity index (χ0n) is 15.4. The molecule has 0 spiro atoms. The van der Waals surface area contributed by atoms with E-state index in [1.165, 1.54) is 0 Å². The minimum absolute atomic E-state index is 0.00214. The fourth-order valence-electron chi connectivity index (χ4n) is 2.98. The van der Waals surface area contributed by atoms with Gasteiger partial charge in [0.25, 0.3) is 0 Å². The Morgan fingerprint density at radius 3 is 1.96 bits per heavy atom. The number of nitrogens with one attached hydrogen (secondary N) is 2. The van der Waals surface area contributed by atoms with Gasteiger partial charge in [-0.15, -0.1) is 0 Å². The summed E-state index contributed by atoms with van der Waals surface area (Å²) in [5, 5.41) is 0. The van der Waals surface area contributed by atoms with Crippen LogP contribution in [0.25, 0.3) is 0 Å². The Morgan fingerprint density at radius 1 is 0.962 bits per heavy atom. The van der Waals surface area contributed by atoms with E-state index in [0.29, 0.717) is 25.9 Å². The summed E-state index contributed by atoms with van der Waals surface area (Å²) in [6.45, 7) is 6.19. The quantitative estimate of drug-likeness (QED) is 0.651. The summed E-state index contributed by atoms with van der Waals surface area (Å²) in [4.78, 5) is 37.7. The van der Waals surface area contributed by atoms with Crippen molar-refractivity contribution in [1.82, 2.24) is 15.8 Å². The van der Waals surface area contributed by atoms with Crippen LogP contribution < -0.4 is 10.9 Å². The van der Waals surface area contributed by atoms with E-state index in [9.17, 15) is 22.8 Å². The van der Waals surface area contributed by atoms with E-state index in [1.807, 2.05) is 0 Å². The van der Waals surface area contributed by atoms with Crippen molar-refractivity contribution in [3.8, 4) is 0 Å². The molecule has 9 nitrogen and oxygen atoms in total. The van der Waals surface area contributed by atoms with Crippen LogP contribution in [0.1, 0.15) is 40.0 Å². The number of hydrogen-bond donors (Lipinski definition) is 2. The first-order valence-corrected chi connectivity index (χ1v) is 10.6. The van der Waals surface area contributed by atoms with Crippen LogP contribution in [0, 0.1) is 11.8 Å². The smallest absolute Gasteiger partial charge is 0.410 e. The van der Waals surface area contributed by atoms with Gasteiger partial charge < -0.3 is 9.64 Å². The highest BCUT2D eigenvalue weighted by molar-refractivity contribution is 7.91. The number of nitrogens with zero attached hydrogens (tertiary/aromatic N) is 1. The molecule has 2 saturated heterocycles. The second-order valence-corrected chi connectivity index (χ2v) is 10.0. The average Bonchev–Trinajstić information content (AvgIpc) is 2.91. The molecule has 0 saturated carbocycles. The Morgan fingerprint density at radius 2 is 1.50 bits per heavy atom. The summed E-state index contributed by atoms with van der Waals surface area (Å²) in [5.41, 5.74) is 4.12. The topological polar surface area (TPSA) is 122 Å². The number of hydrazine groups is 1. The number of likely N-dealkylation sites (tertiary alicyclic amines) is 1. The number of carbonyl (C=O) groups excluding carboxylic acids is 3. The lowest BCUT2D eigenvalue weighted by atomic mass is 9.96. The first kappa shape index (κ1) is 20.5. The van der Waals surface area contributed by atoms with E-state index in [-0.39, 0.29) is 29.8 Å². The first-order chi connectivity index (χ1) is 12.0. The van der Waals surface area contributed by atoms with E-state index in [4.69, 9.17) is 4.74 Å². The molecular formula is C16H27N3O6S. The molecule has 26 heavy (non-hydrogen) atoms. The van der Waals surface area contributed by atoms with Crippen molar-refractivity contribution < 1.29 is 27.5 Å². The number of carbonyl (C=O) groups is 3. The molecule has 1 atom stereocenters. The van der Waals surface area contributed by atoms with Gasteiger partial charge in [-0.1, -0.05) is 0 Å². The molecule has 2 fully saturated rings. The first-order valence-electron chi connectivity index (χ1n) is 8.75. The predicted octanol–water partition coefficient (Wildman–Crippen LogP) is 0.216. The van der Waals surface area contributed by atoms with Gasteiger partial charge in [-0.25, -0.2) is 13.2 Å². The van der Waals surface area contributed by atoms with Gasteiger partial charge >= 0.3 is 6.09 Å². The summed E-state index contributed by atoms with van der Waals surface area (Å²) in [6, 6.07) is 0. The van der Waals surface area contributed by atoms with E-state index < -0.39 is 33.4 Å². The highest BCUT2D eigenvalue weighted by Gasteiger charge is 2.34. The Bertz CT molecular complexity index is 662. The van der Waals surface area contributed by atoms with Crippen LogP contribution in [0.4, 0.5) is 4.79 Å². The Labute approximate surface area is 153 Å². The van der Waals surface area contributed by atoms with Gasteiger partial charge in [-0.05, 0) is 40.0 Å². The molecular weight excluding hydrogens is 362 g/mol. The van der Waals surface area contributed by atoms with Crippen LogP contribution in [0.2, 0.25) is 0 Å². The molecule has 0 unspecified atom stereocenters. The van der Waals surface area contributed by atoms with Crippen LogP contribution in [-0.4, -0.2) is 61.4 Å². The zero-order valence-corrected chi connectivity index (χ0v) is 16.2. The van der Waals surface area contributed by atoms with Crippen molar-refractivity contribution in [2.45, 2.75) is 45.6 Å². The van der Waals surface area contributed by atoms with E-state index in [2.05, 4.69) is 10.9 Å². The molecule has 0 radical (unpaired) electrons. The van der Waals surface area contributed by atoms with Crippen molar-refractivity contribution in [3.63, 3.8) is 0 Å². The van der Waals surface area contributed by atoms with Gasteiger partial charge in [-0.2, -0.15) is 0 Å². The number of sulfone groups is 1. The van der Waals surface area contributed by atoms with E-state index in [1.54, 1.807) is 25.7 Å². The largest absolute Gasteiger partial charge is 0.444 e. The highest BCUT2D eigenvalue weighted by Crippen LogP contribution is 2.20. The van der Waals surface area contributed by atoms with Gasteiger partial charge in [0, 0.05) is 19.0 Å². The lowest BCUT2D eigenvalue weighted by Gasteiger charge is -2.32. The highest BCUT2D eigenvalue weighted by atomic mass is 32.2. The van der Waals surface area contributed by atoms with Gasteiger partial charge in [0.2, 0.25) is 11.8 Å². The fourth-order valence-corrected chi connectivity index (χ4v) is 4.72. The molecule has 0 aromatic rings. The normalized spacial score (nSPS) is 23.3. The van der Waals surface area contributed by atoms with Crippen LogP contribution in [0.5, 0.6) is 0 Å². The summed E-state index contributed by atoms with van der Waals surface area (Å²) < 4.78 is 28.1. The number of ether oxygens (including phenoxy) is 1. The summed E-state index contributed by atoms with van der Waals surface area (Å²) in [7, 11) is -3.15. The molecule has 2 heterocycles. The molecule has 2 aliphatic rings. The van der Waals surface area contributed by atoms with Gasteiger partial charge in [0.15, 0.2) is 9.84 Å². The lowest BCUT2D eigenvalue weighted by Crippen LogP contribution is -2.50. The molecule has 2 N–H and O–H groups in total. The van der Waals surface area contributed by atoms with Crippen molar-refractivity contribution in [2.24, 2.45) is 11.8 Å². The van der Waals surface area contributed by atoms with Gasteiger partial charge in [0.05, 0.1) is 17.4 Å². The fraction of sp³-hybridized carbons (Fsp3) is 0.812. The van der Waals surface area contributed by atoms with Crippen LogP contribution in [0.15, 0.2) is 0 Å². The molecule has 3 amide bonds. The van der Waals surface area contributed by atoms with Crippen molar-refractivity contribution in [3.05, 3.63) is 0 Å². The summed E-state index contributed by atoms with van der Waals surface area (Å²) in [5.74, 6) is -1.92. The third-order valence-corrected chi connectivity index (χ3v) is 6.20. The second kappa shape index (κ2) is 7.81. The molecule has 0 aliphatic carbocycles. The molecule has 2 rings (SSSR count). The lowest BCUT2D eigenvalue weighted by molar-refractivity contribution is -0.133. The maximum atomic E-state index is 12.2. The minimum Gasteiger partial charge on any atom is -0.444 e. The SMILES string of the molecule is CC(C)(C)OC(=O)N1CCC(C(=O)NNC(=O)[C@@H]2CCS(=O)(=O)C2)CC1. The molecule has 0 aromatic heterocycles.